The molecule has 2 N–H and O–H groups in total. The van der Waals surface area contributed by atoms with E-state index in [2.05, 4.69) is 30.2 Å². The number of fused-ring (bicyclic) bond motifs is 2. The summed E-state index contributed by atoms with van der Waals surface area (Å²) in [5, 5.41) is 4.12. The Morgan fingerprint density at radius 1 is 1.03 bits per heavy atom. The summed E-state index contributed by atoms with van der Waals surface area (Å²) >= 11 is 0. The summed E-state index contributed by atoms with van der Waals surface area (Å²) in [5.74, 6) is 0.505. The first-order valence-electron chi connectivity index (χ1n) is 9.86. The fourth-order valence-corrected chi connectivity index (χ4v) is 3.43. The molecule has 0 atom stereocenters. The molecule has 0 saturated heterocycles. The minimum atomic E-state index is -0.282. The van der Waals surface area contributed by atoms with Gasteiger partial charge in [-0.1, -0.05) is 12.1 Å². The van der Waals surface area contributed by atoms with Crippen molar-refractivity contribution in [3.05, 3.63) is 66.9 Å². The van der Waals surface area contributed by atoms with Gasteiger partial charge in [0.25, 0.3) is 0 Å². The number of anilines is 2. The fraction of sp³-hybridized carbons (Fsp3) is 0.130. The lowest BCUT2D eigenvalue weighted by atomic mass is 10.0. The van der Waals surface area contributed by atoms with Crippen molar-refractivity contribution in [2.75, 3.05) is 5.32 Å². The quantitative estimate of drug-likeness (QED) is 0.409. The molecule has 5 aromatic rings. The summed E-state index contributed by atoms with van der Waals surface area (Å²) in [6.07, 6.45) is 3.23. The molecule has 0 saturated carbocycles. The SMILES string of the molecule is CC(C)Oc1nc(Nc2ccc3nccc(-c4cccc(F)c4)c3c2)nc2[nH]cnc12. The summed E-state index contributed by atoms with van der Waals surface area (Å²) in [5.41, 5.74) is 4.41. The number of aromatic nitrogens is 5. The minimum Gasteiger partial charge on any atom is -0.473 e. The molecule has 3 aromatic heterocycles. The van der Waals surface area contributed by atoms with Crippen molar-refractivity contribution < 1.29 is 9.13 Å². The number of imidazole rings is 1. The average Bonchev–Trinajstić information content (AvgIpc) is 3.22. The van der Waals surface area contributed by atoms with E-state index in [-0.39, 0.29) is 11.9 Å². The maximum atomic E-state index is 13.8. The molecule has 0 unspecified atom stereocenters. The molecule has 0 fully saturated rings. The molecule has 0 spiro atoms. The zero-order chi connectivity index (χ0) is 21.4. The molecule has 0 amide bonds. The molecule has 0 aliphatic heterocycles. The highest BCUT2D eigenvalue weighted by Gasteiger charge is 2.14. The van der Waals surface area contributed by atoms with Gasteiger partial charge in [-0.2, -0.15) is 9.97 Å². The third-order valence-corrected chi connectivity index (χ3v) is 4.73. The van der Waals surface area contributed by atoms with Crippen LogP contribution in [0.1, 0.15) is 13.8 Å². The number of halogens is 1. The Hall–Kier alpha value is -4.07. The number of aromatic amines is 1. The highest BCUT2D eigenvalue weighted by atomic mass is 19.1. The zero-order valence-electron chi connectivity index (χ0n) is 16.9. The molecule has 7 nitrogen and oxygen atoms in total. The van der Waals surface area contributed by atoms with Gasteiger partial charge in [-0.25, -0.2) is 9.37 Å². The predicted molar refractivity (Wildman–Crippen MR) is 118 cm³/mol. The van der Waals surface area contributed by atoms with Crippen molar-refractivity contribution in [2.24, 2.45) is 0 Å². The molecular weight excluding hydrogens is 395 g/mol. The van der Waals surface area contributed by atoms with Crippen molar-refractivity contribution in [1.82, 2.24) is 24.9 Å². The largest absolute Gasteiger partial charge is 0.473 e. The van der Waals surface area contributed by atoms with E-state index in [4.69, 9.17) is 4.74 Å². The van der Waals surface area contributed by atoms with Crippen LogP contribution in [0.3, 0.4) is 0 Å². The van der Waals surface area contributed by atoms with Crippen molar-refractivity contribution in [2.45, 2.75) is 20.0 Å². The van der Waals surface area contributed by atoms with Crippen LogP contribution in [0.5, 0.6) is 5.88 Å². The molecule has 154 valence electrons. The average molecular weight is 414 g/mol. The van der Waals surface area contributed by atoms with E-state index in [9.17, 15) is 4.39 Å². The summed E-state index contributed by atoms with van der Waals surface area (Å²) in [7, 11) is 0. The Bertz CT molecular complexity index is 1400. The Kier molecular flexibility index (Phi) is 4.66. The lowest BCUT2D eigenvalue weighted by Crippen LogP contribution is -2.09. The van der Waals surface area contributed by atoms with Crippen molar-refractivity contribution >= 4 is 33.7 Å². The normalized spacial score (nSPS) is 11.4. The van der Waals surface area contributed by atoms with Gasteiger partial charge in [-0.05, 0) is 61.4 Å². The summed E-state index contributed by atoms with van der Waals surface area (Å²) in [4.78, 5) is 20.6. The van der Waals surface area contributed by atoms with E-state index in [1.54, 1.807) is 18.6 Å². The highest BCUT2D eigenvalue weighted by molar-refractivity contribution is 5.96. The molecular formula is C23H19FN6O. The van der Waals surface area contributed by atoms with Crippen LogP contribution in [0.25, 0.3) is 33.2 Å². The highest BCUT2D eigenvalue weighted by Crippen LogP contribution is 2.31. The van der Waals surface area contributed by atoms with Gasteiger partial charge in [0.2, 0.25) is 11.8 Å². The molecule has 2 aromatic carbocycles. The third-order valence-electron chi connectivity index (χ3n) is 4.73. The number of hydrogen-bond acceptors (Lipinski definition) is 6. The first-order valence-corrected chi connectivity index (χ1v) is 9.86. The van der Waals surface area contributed by atoms with E-state index >= 15 is 0 Å². The number of hydrogen-bond donors (Lipinski definition) is 2. The number of nitrogens with zero attached hydrogens (tertiary/aromatic N) is 4. The van der Waals surface area contributed by atoms with Gasteiger partial charge in [0, 0.05) is 17.3 Å². The molecule has 0 bridgehead atoms. The predicted octanol–water partition coefficient (Wildman–Crippen LogP) is 5.24. The Labute approximate surface area is 177 Å². The first kappa shape index (κ1) is 18.9. The Morgan fingerprint density at radius 3 is 2.77 bits per heavy atom. The first-order chi connectivity index (χ1) is 15.1. The number of ether oxygens (including phenoxy) is 1. The van der Waals surface area contributed by atoms with Crippen molar-refractivity contribution in [3.8, 4) is 17.0 Å². The van der Waals surface area contributed by atoms with Crippen LogP contribution in [-0.4, -0.2) is 31.0 Å². The molecule has 3 heterocycles. The Balaban J connectivity index is 1.56. The molecule has 0 aliphatic carbocycles. The van der Waals surface area contributed by atoms with Gasteiger partial charge in [0.05, 0.1) is 17.9 Å². The lowest BCUT2D eigenvalue weighted by Gasteiger charge is -2.12. The second kappa shape index (κ2) is 7.64. The number of nitrogens with one attached hydrogen (secondary N) is 2. The van der Waals surface area contributed by atoms with Crippen molar-refractivity contribution in [3.63, 3.8) is 0 Å². The maximum absolute atomic E-state index is 13.8. The van der Waals surface area contributed by atoms with Crippen LogP contribution >= 0.6 is 0 Å². The topological polar surface area (TPSA) is 88.6 Å². The van der Waals surface area contributed by atoms with Crippen LogP contribution in [-0.2, 0) is 0 Å². The van der Waals surface area contributed by atoms with Gasteiger partial charge in [0.1, 0.15) is 5.82 Å². The van der Waals surface area contributed by atoms with E-state index in [1.165, 1.54) is 12.1 Å². The van der Waals surface area contributed by atoms with Crippen molar-refractivity contribution in [1.29, 1.82) is 0 Å². The number of rotatable bonds is 5. The maximum Gasteiger partial charge on any atom is 0.247 e. The second-order valence-electron chi connectivity index (χ2n) is 7.34. The van der Waals surface area contributed by atoms with Gasteiger partial charge in [-0.3, -0.25) is 4.98 Å². The van der Waals surface area contributed by atoms with E-state index < -0.39 is 0 Å². The van der Waals surface area contributed by atoms with Gasteiger partial charge < -0.3 is 15.0 Å². The molecule has 8 heteroatoms. The smallest absolute Gasteiger partial charge is 0.247 e. The molecule has 5 rings (SSSR count). The van der Waals surface area contributed by atoms with Crippen LogP contribution in [0, 0.1) is 5.82 Å². The third kappa shape index (κ3) is 3.75. The minimum absolute atomic E-state index is 0.0526. The standard InChI is InChI=1S/C23H19FN6O/c1-13(2)31-22-20-21(27-12-26-20)29-23(30-22)28-16-6-7-19-18(11-16)17(8-9-25-19)14-4-3-5-15(24)10-14/h3-13H,1-2H3,(H2,26,27,28,29,30). The molecule has 0 radical (unpaired) electrons. The van der Waals surface area contributed by atoms with Crippen LogP contribution in [0.2, 0.25) is 0 Å². The van der Waals surface area contributed by atoms with E-state index in [1.807, 2.05) is 44.2 Å². The van der Waals surface area contributed by atoms with Gasteiger partial charge >= 0.3 is 0 Å². The van der Waals surface area contributed by atoms with Crippen LogP contribution in [0.15, 0.2) is 61.1 Å². The zero-order valence-corrected chi connectivity index (χ0v) is 16.9. The molecule has 31 heavy (non-hydrogen) atoms. The van der Waals surface area contributed by atoms with Gasteiger partial charge in [0.15, 0.2) is 11.2 Å². The van der Waals surface area contributed by atoms with Crippen LogP contribution in [0.4, 0.5) is 16.0 Å². The van der Waals surface area contributed by atoms with E-state index in [0.717, 1.165) is 27.7 Å². The van der Waals surface area contributed by atoms with Crippen LogP contribution < -0.4 is 10.1 Å². The number of pyridine rings is 1. The Morgan fingerprint density at radius 2 is 1.94 bits per heavy atom. The lowest BCUT2D eigenvalue weighted by molar-refractivity contribution is 0.235. The summed E-state index contributed by atoms with van der Waals surface area (Å²) in [6.45, 7) is 3.86. The monoisotopic (exact) mass is 414 g/mol. The number of benzene rings is 2. The second-order valence-corrected chi connectivity index (χ2v) is 7.34. The molecule has 0 aliphatic rings. The number of H-pyrrole nitrogens is 1. The van der Waals surface area contributed by atoms with E-state index in [0.29, 0.717) is 23.0 Å². The summed E-state index contributed by atoms with van der Waals surface area (Å²) in [6, 6.07) is 14.1. The fourth-order valence-electron chi connectivity index (χ4n) is 3.43. The van der Waals surface area contributed by atoms with Gasteiger partial charge in [-0.15, -0.1) is 0 Å². The summed E-state index contributed by atoms with van der Waals surface area (Å²) < 4.78 is 19.6.